The molecule has 3 N–H and O–H groups in total. The minimum absolute atomic E-state index is 0. The number of ether oxygens (including phenoxy) is 1. The van der Waals surface area contributed by atoms with Gasteiger partial charge in [0.1, 0.15) is 17.6 Å². The number of benzene rings is 1. The number of halogens is 5. The van der Waals surface area contributed by atoms with Crippen LogP contribution in [0.1, 0.15) is 18.1 Å². The Morgan fingerprint density at radius 2 is 1.95 bits per heavy atom. The summed E-state index contributed by atoms with van der Waals surface area (Å²) in [5, 5.41) is 9.54. The Morgan fingerprint density at radius 1 is 1.37 bits per heavy atom. The molecule has 1 rings (SSSR count). The number of hydrogen-bond acceptors (Lipinski definition) is 3. The quantitative estimate of drug-likeness (QED) is 0.841. The Hall–Kier alpha value is -1.05. The number of aliphatic hydroxyl groups excluding tert-OH is 1. The molecule has 0 radical (unpaired) electrons. The Kier molecular flexibility index (Phi) is 6.54. The van der Waals surface area contributed by atoms with Gasteiger partial charge in [-0.15, -0.1) is 12.4 Å². The van der Waals surface area contributed by atoms with E-state index in [1.54, 1.807) is 0 Å². The molecule has 0 fully saturated rings. The van der Waals surface area contributed by atoms with Crippen LogP contribution in [0.3, 0.4) is 0 Å². The Bertz CT molecular complexity index is 414. The lowest BCUT2D eigenvalue weighted by Crippen LogP contribution is -2.38. The first-order valence-electron chi connectivity index (χ1n) is 5.09. The van der Waals surface area contributed by atoms with E-state index in [2.05, 4.69) is 0 Å². The number of rotatable bonds is 4. The Morgan fingerprint density at radius 3 is 2.37 bits per heavy atom. The van der Waals surface area contributed by atoms with Gasteiger partial charge in [-0.2, -0.15) is 13.2 Å². The molecule has 8 heteroatoms. The van der Waals surface area contributed by atoms with E-state index in [0.29, 0.717) is 0 Å². The van der Waals surface area contributed by atoms with Gasteiger partial charge in [-0.1, -0.05) is 0 Å². The molecule has 0 unspecified atom stereocenters. The molecule has 19 heavy (non-hydrogen) atoms. The van der Waals surface area contributed by atoms with Gasteiger partial charge in [0.15, 0.2) is 0 Å². The summed E-state index contributed by atoms with van der Waals surface area (Å²) in [5.41, 5.74) is 4.62. The van der Waals surface area contributed by atoms with E-state index in [1.165, 1.54) is 19.2 Å². The fourth-order valence-electron chi connectivity index (χ4n) is 1.41. The van der Waals surface area contributed by atoms with Crippen molar-refractivity contribution in [2.24, 2.45) is 5.73 Å². The van der Waals surface area contributed by atoms with Crippen LogP contribution in [0.25, 0.3) is 0 Å². The van der Waals surface area contributed by atoms with Gasteiger partial charge in [-0.25, -0.2) is 4.39 Å². The molecule has 0 aliphatic carbocycles. The van der Waals surface area contributed by atoms with Crippen molar-refractivity contribution in [1.82, 2.24) is 0 Å². The highest BCUT2D eigenvalue weighted by atomic mass is 35.5. The van der Waals surface area contributed by atoms with E-state index in [1.807, 2.05) is 0 Å². The molecule has 0 bridgehead atoms. The predicted molar refractivity (Wildman–Crippen MR) is 63.8 cm³/mol. The van der Waals surface area contributed by atoms with Crippen LogP contribution in [-0.2, 0) is 0 Å². The minimum Gasteiger partial charge on any atom is -0.497 e. The zero-order valence-electron chi connectivity index (χ0n) is 9.95. The second kappa shape index (κ2) is 6.93. The fourth-order valence-corrected chi connectivity index (χ4v) is 1.41. The van der Waals surface area contributed by atoms with Crippen LogP contribution < -0.4 is 10.5 Å². The molecule has 0 heterocycles. The molecule has 1 aromatic carbocycles. The van der Waals surface area contributed by atoms with Crippen LogP contribution in [-0.4, -0.2) is 24.4 Å². The monoisotopic (exact) mass is 303 g/mol. The molecule has 0 aromatic heterocycles. The Balaban J connectivity index is 0.00000324. The van der Waals surface area contributed by atoms with Crippen molar-refractivity contribution in [2.45, 2.75) is 24.7 Å². The lowest BCUT2D eigenvalue weighted by Gasteiger charge is -2.19. The van der Waals surface area contributed by atoms with E-state index in [-0.39, 0.29) is 23.7 Å². The van der Waals surface area contributed by atoms with Gasteiger partial charge in [0, 0.05) is 18.1 Å². The largest absolute Gasteiger partial charge is 0.497 e. The van der Waals surface area contributed by atoms with Crippen molar-refractivity contribution in [2.75, 3.05) is 7.11 Å². The summed E-state index contributed by atoms with van der Waals surface area (Å²) in [6, 6.07) is 1.30. The topological polar surface area (TPSA) is 55.5 Å². The molecular formula is C11H14ClF4NO2. The van der Waals surface area contributed by atoms with E-state index in [4.69, 9.17) is 10.5 Å². The number of hydrogen-bond donors (Lipinski definition) is 2. The maximum atomic E-state index is 13.5. The van der Waals surface area contributed by atoms with Crippen molar-refractivity contribution in [3.8, 4) is 5.75 Å². The number of nitrogens with two attached hydrogens (primary N) is 1. The predicted octanol–water partition coefficient (Wildman–Crippen LogP) is 2.57. The molecular weight excluding hydrogens is 290 g/mol. The van der Waals surface area contributed by atoms with Crippen LogP contribution in [0.5, 0.6) is 5.75 Å². The van der Waals surface area contributed by atoms with Crippen LogP contribution in [0.4, 0.5) is 17.6 Å². The van der Waals surface area contributed by atoms with Crippen molar-refractivity contribution in [3.05, 3.63) is 29.6 Å². The molecule has 0 saturated heterocycles. The third-order valence-electron chi connectivity index (χ3n) is 2.46. The smallest absolute Gasteiger partial charge is 0.403 e. The molecule has 3 nitrogen and oxygen atoms in total. The van der Waals surface area contributed by atoms with Gasteiger partial charge in [-0.05, 0) is 12.1 Å². The van der Waals surface area contributed by atoms with Crippen molar-refractivity contribution < 1.29 is 27.4 Å². The molecule has 1 aromatic rings. The first kappa shape index (κ1) is 17.9. The van der Waals surface area contributed by atoms with E-state index in [0.717, 1.165) is 6.07 Å². The van der Waals surface area contributed by atoms with Crippen LogP contribution in [0.15, 0.2) is 18.2 Å². The molecule has 0 spiro atoms. The fraction of sp³-hybridized carbons (Fsp3) is 0.455. The molecule has 2 atom stereocenters. The number of alkyl halides is 3. The SMILES string of the molecule is COc1ccc([C@H](O)C[C@@H](N)C(F)(F)F)c(F)c1.Cl. The highest BCUT2D eigenvalue weighted by Gasteiger charge is 2.38. The van der Waals surface area contributed by atoms with Crippen LogP contribution >= 0.6 is 12.4 Å². The summed E-state index contributed by atoms with van der Waals surface area (Å²) in [6.07, 6.45) is -7.04. The second-order valence-electron chi connectivity index (χ2n) is 3.79. The highest BCUT2D eigenvalue weighted by Crippen LogP contribution is 2.29. The van der Waals surface area contributed by atoms with Crippen molar-refractivity contribution in [1.29, 1.82) is 0 Å². The number of aliphatic hydroxyl groups is 1. The van der Waals surface area contributed by atoms with Gasteiger partial charge in [0.05, 0.1) is 13.2 Å². The normalized spacial score (nSPS) is 14.5. The average molecular weight is 304 g/mol. The zero-order chi connectivity index (χ0) is 13.9. The minimum atomic E-state index is -4.62. The van der Waals surface area contributed by atoms with Crippen LogP contribution in [0.2, 0.25) is 0 Å². The molecule has 0 aliphatic heterocycles. The summed E-state index contributed by atoms with van der Waals surface area (Å²) in [4.78, 5) is 0. The summed E-state index contributed by atoms with van der Waals surface area (Å²) in [7, 11) is 1.32. The first-order chi connectivity index (χ1) is 8.25. The van der Waals surface area contributed by atoms with Crippen molar-refractivity contribution in [3.63, 3.8) is 0 Å². The van der Waals surface area contributed by atoms with E-state index in [9.17, 15) is 22.7 Å². The van der Waals surface area contributed by atoms with E-state index >= 15 is 0 Å². The standard InChI is InChI=1S/C11H13F4NO2.ClH/c1-18-6-2-3-7(8(12)4-6)9(17)5-10(16)11(13,14)15;/h2-4,9-10,17H,5,16H2,1H3;1H/t9-,10-;/m1./s1. The number of methoxy groups -OCH3 is 1. The summed E-state index contributed by atoms with van der Waals surface area (Å²) < 4.78 is 54.8. The van der Waals surface area contributed by atoms with Crippen molar-refractivity contribution >= 4 is 12.4 Å². The first-order valence-corrected chi connectivity index (χ1v) is 5.09. The summed E-state index contributed by atoms with van der Waals surface area (Å²) in [6.45, 7) is 0. The molecule has 110 valence electrons. The highest BCUT2D eigenvalue weighted by molar-refractivity contribution is 5.85. The van der Waals surface area contributed by atoms with Gasteiger partial charge in [-0.3, -0.25) is 0 Å². The molecule has 0 saturated carbocycles. The maximum Gasteiger partial charge on any atom is 0.403 e. The lowest BCUT2D eigenvalue weighted by atomic mass is 10.0. The zero-order valence-corrected chi connectivity index (χ0v) is 10.8. The Labute approximate surface area is 113 Å². The third kappa shape index (κ3) is 4.85. The maximum absolute atomic E-state index is 13.5. The van der Waals surface area contributed by atoms with Gasteiger partial charge in [0.25, 0.3) is 0 Å². The summed E-state index contributed by atoms with van der Waals surface area (Å²) in [5.74, 6) is -0.625. The van der Waals surface area contributed by atoms with Gasteiger partial charge < -0.3 is 15.6 Å². The van der Waals surface area contributed by atoms with E-state index < -0.39 is 30.6 Å². The summed E-state index contributed by atoms with van der Waals surface area (Å²) >= 11 is 0. The second-order valence-corrected chi connectivity index (χ2v) is 3.79. The average Bonchev–Trinajstić information content (AvgIpc) is 2.27. The lowest BCUT2D eigenvalue weighted by molar-refractivity contribution is -0.154. The molecule has 0 aliphatic rings. The molecule has 0 amide bonds. The van der Waals surface area contributed by atoms with Gasteiger partial charge in [0.2, 0.25) is 0 Å². The van der Waals surface area contributed by atoms with Crippen LogP contribution in [0, 0.1) is 5.82 Å². The van der Waals surface area contributed by atoms with Gasteiger partial charge >= 0.3 is 6.18 Å². The third-order valence-corrected chi connectivity index (χ3v) is 2.46.